The summed E-state index contributed by atoms with van der Waals surface area (Å²) in [4.78, 5) is 12.0. The third kappa shape index (κ3) is 3.45. The Kier molecular flexibility index (Phi) is 5.48. The van der Waals surface area contributed by atoms with E-state index < -0.39 is 0 Å². The normalized spacial score (nSPS) is 14.5. The van der Waals surface area contributed by atoms with Crippen LogP contribution in [-0.2, 0) is 24.1 Å². The van der Waals surface area contributed by atoms with Gasteiger partial charge < -0.3 is 15.1 Å². The van der Waals surface area contributed by atoms with Crippen LogP contribution in [-0.4, -0.2) is 25.5 Å². The topological polar surface area (TPSA) is 54.3 Å². The van der Waals surface area contributed by atoms with Gasteiger partial charge in [-0.2, -0.15) is 0 Å². The van der Waals surface area contributed by atoms with E-state index in [1.165, 1.54) is 17.5 Å². The number of likely N-dealkylation sites (N-methyl/N-ethyl adjacent to an activating group) is 1. The summed E-state index contributed by atoms with van der Waals surface area (Å²) < 4.78 is 5.63. The Morgan fingerprint density at radius 2 is 2.05 bits per heavy atom. The van der Waals surface area contributed by atoms with Gasteiger partial charge in [-0.15, -0.1) is 12.4 Å². The van der Waals surface area contributed by atoms with Crippen LogP contribution in [0, 0.1) is 0 Å². The van der Waals surface area contributed by atoms with Gasteiger partial charge in [0.1, 0.15) is 5.58 Å². The predicted octanol–water partition coefficient (Wildman–Crippen LogP) is 2.61. The van der Waals surface area contributed by atoms with E-state index in [4.69, 9.17) is 4.42 Å². The second kappa shape index (κ2) is 7.16. The maximum Gasteiger partial charge on any atom is 0.224 e. The number of aryl methyl sites for hydroxylation is 2. The molecule has 0 spiro atoms. The number of hydrogen-bond donors (Lipinski definition) is 2. The molecule has 120 valence electrons. The number of carbonyl (C=O) groups is 1. The summed E-state index contributed by atoms with van der Waals surface area (Å²) in [5, 5.41) is 7.14. The van der Waals surface area contributed by atoms with Crippen LogP contribution >= 0.6 is 12.4 Å². The molecule has 1 aromatic heterocycles. The molecule has 0 saturated heterocycles. The zero-order valence-corrected chi connectivity index (χ0v) is 13.9. The molecule has 1 atom stereocenters. The summed E-state index contributed by atoms with van der Waals surface area (Å²) in [6.07, 6.45) is 5.61. The van der Waals surface area contributed by atoms with Crippen molar-refractivity contribution in [3.8, 4) is 0 Å². The lowest BCUT2D eigenvalue weighted by Crippen LogP contribution is -2.37. The molecule has 4 nitrogen and oxygen atoms in total. The lowest BCUT2D eigenvalue weighted by atomic mass is 10.0. The number of nitrogens with one attached hydrogen (secondary N) is 2. The van der Waals surface area contributed by atoms with Crippen molar-refractivity contribution in [1.82, 2.24) is 10.6 Å². The molecule has 1 heterocycles. The fourth-order valence-electron chi connectivity index (χ4n) is 2.89. The van der Waals surface area contributed by atoms with Gasteiger partial charge in [0, 0.05) is 23.5 Å². The number of benzene rings is 1. The Balaban J connectivity index is 0.00000176. The smallest absolute Gasteiger partial charge is 0.224 e. The first-order valence-electron chi connectivity index (χ1n) is 7.63. The van der Waals surface area contributed by atoms with Gasteiger partial charge in [-0.3, -0.25) is 4.79 Å². The van der Waals surface area contributed by atoms with Crippen molar-refractivity contribution < 1.29 is 9.21 Å². The molecule has 1 aromatic carbocycles. The van der Waals surface area contributed by atoms with Gasteiger partial charge in [0.05, 0.1) is 12.7 Å². The van der Waals surface area contributed by atoms with E-state index in [2.05, 4.69) is 22.8 Å². The molecular formula is C17H23ClN2O2. The molecule has 2 N–H and O–H groups in total. The van der Waals surface area contributed by atoms with Gasteiger partial charge >= 0.3 is 0 Å². The zero-order valence-electron chi connectivity index (χ0n) is 13.1. The number of carbonyl (C=O) groups excluding carboxylic acids is 1. The van der Waals surface area contributed by atoms with Crippen molar-refractivity contribution >= 4 is 29.3 Å². The van der Waals surface area contributed by atoms with Crippen molar-refractivity contribution in [2.75, 3.05) is 13.6 Å². The highest BCUT2D eigenvalue weighted by atomic mass is 35.5. The summed E-state index contributed by atoms with van der Waals surface area (Å²) in [7, 11) is 1.89. The van der Waals surface area contributed by atoms with Gasteiger partial charge in [0.2, 0.25) is 5.91 Å². The van der Waals surface area contributed by atoms with E-state index in [0.717, 1.165) is 29.4 Å². The van der Waals surface area contributed by atoms with Gasteiger partial charge in [0.25, 0.3) is 0 Å². The average Bonchev–Trinajstić information content (AvgIpc) is 3.09. The molecule has 0 fully saturated rings. The summed E-state index contributed by atoms with van der Waals surface area (Å²) in [5.74, 6) is 0.0419. The minimum Gasteiger partial charge on any atom is -0.464 e. The largest absolute Gasteiger partial charge is 0.464 e. The summed E-state index contributed by atoms with van der Waals surface area (Å²) in [5.41, 5.74) is 4.70. The van der Waals surface area contributed by atoms with E-state index in [1.807, 2.05) is 14.0 Å². The molecule has 2 aromatic rings. The molecule has 0 radical (unpaired) electrons. The third-order valence-corrected chi connectivity index (χ3v) is 4.32. The quantitative estimate of drug-likeness (QED) is 0.889. The first-order chi connectivity index (χ1) is 10.2. The molecule has 1 amide bonds. The van der Waals surface area contributed by atoms with E-state index in [1.54, 1.807) is 6.26 Å². The molecule has 1 aliphatic rings. The first kappa shape index (κ1) is 16.8. The summed E-state index contributed by atoms with van der Waals surface area (Å²) in [6.45, 7) is 2.68. The molecule has 1 unspecified atom stereocenters. The van der Waals surface area contributed by atoms with Gasteiger partial charge in [0.15, 0.2) is 0 Å². The van der Waals surface area contributed by atoms with Crippen molar-refractivity contribution in [3.63, 3.8) is 0 Å². The molecule has 0 saturated carbocycles. The van der Waals surface area contributed by atoms with Crippen LogP contribution in [0.5, 0.6) is 0 Å². The molecular weight excluding hydrogens is 300 g/mol. The number of hydrogen-bond acceptors (Lipinski definition) is 3. The molecule has 3 rings (SSSR count). The van der Waals surface area contributed by atoms with Crippen LogP contribution in [0.25, 0.3) is 11.0 Å². The minimum absolute atomic E-state index is 0. The van der Waals surface area contributed by atoms with Crippen LogP contribution in [0.1, 0.15) is 30.0 Å². The lowest BCUT2D eigenvalue weighted by molar-refractivity contribution is -0.120. The maximum atomic E-state index is 12.0. The third-order valence-electron chi connectivity index (χ3n) is 4.32. The average molecular weight is 323 g/mol. The highest BCUT2D eigenvalue weighted by molar-refractivity contribution is 5.88. The van der Waals surface area contributed by atoms with Crippen molar-refractivity contribution in [1.29, 1.82) is 0 Å². The van der Waals surface area contributed by atoms with E-state index in [-0.39, 0.29) is 24.4 Å². The molecule has 0 bridgehead atoms. The van der Waals surface area contributed by atoms with E-state index in [9.17, 15) is 4.79 Å². The number of furan rings is 1. The number of amides is 1. The SMILES string of the molecule is CNC(C)CNC(=O)Cc1coc2cc3c(cc12)CCC3.Cl. The summed E-state index contributed by atoms with van der Waals surface area (Å²) in [6, 6.07) is 4.63. The standard InChI is InChI=1S/C17H22N2O2.ClH/c1-11(18-2)9-19-17(20)8-14-10-21-16-7-13-5-3-4-12(13)6-15(14)16;/h6-7,10-11,18H,3-5,8-9H2,1-2H3,(H,19,20);1H. The van der Waals surface area contributed by atoms with E-state index in [0.29, 0.717) is 13.0 Å². The monoisotopic (exact) mass is 322 g/mol. The number of halogens is 1. The van der Waals surface area contributed by atoms with Gasteiger partial charge in [-0.05, 0) is 56.5 Å². The molecule has 1 aliphatic carbocycles. The highest BCUT2D eigenvalue weighted by Crippen LogP contribution is 2.30. The first-order valence-corrected chi connectivity index (χ1v) is 7.63. The van der Waals surface area contributed by atoms with Crippen molar-refractivity contribution in [2.24, 2.45) is 0 Å². The Hall–Kier alpha value is -1.52. The second-order valence-corrected chi connectivity index (χ2v) is 5.90. The van der Waals surface area contributed by atoms with Crippen LogP contribution in [0.2, 0.25) is 0 Å². The fourth-order valence-corrected chi connectivity index (χ4v) is 2.89. The lowest BCUT2D eigenvalue weighted by Gasteiger charge is -2.11. The van der Waals surface area contributed by atoms with Crippen LogP contribution in [0.4, 0.5) is 0 Å². The second-order valence-electron chi connectivity index (χ2n) is 5.90. The van der Waals surface area contributed by atoms with E-state index >= 15 is 0 Å². The predicted molar refractivity (Wildman–Crippen MR) is 90.7 cm³/mol. The van der Waals surface area contributed by atoms with Gasteiger partial charge in [-0.25, -0.2) is 0 Å². The number of rotatable bonds is 5. The van der Waals surface area contributed by atoms with Crippen LogP contribution in [0.15, 0.2) is 22.8 Å². The maximum absolute atomic E-state index is 12.0. The molecule has 22 heavy (non-hydrogen) atoms. The number of fused-ring (bicyclic) bond motifs is 2. The zero-order chi connectivity index (χ0) is 14.8. The Morgan fingerprint density at radius 3 is 2.77 bits per heavy atom. The minimum atomic E-state index is 0. The van der Waals surface area contributed by atoms with Crippen molar-refractivity contribution in [3.05, 3.63) is 35.1 Å². The Labute approximate surface area is 137 Å². The highest BCUT2D eigenvalue weighted by Gasteiger charge is 2.16. The fraction of sp³-hybridized carbons (Fsp3) is 0.471. The van der Waals surface area contributed by atoms with Crippen LogP contribution < -0.4 is 10.6 Å². The molecule has 0 aliphatic heterocycles. The van der Waals surface area contributed by atoms with Gasteiger partial charge in [-0.1, -0.05) is 0 Å². The Bertz CT molecular complexity index is 666. The van der Waals surface area contributed by atoms with Crippen LogP contribution in [0.3, 0.4) is 0 Å². The Morgan fingerprint density at radius 1 is 1.32 bits per heavy atom. The summed E-state index contributed by atoms with van der Waals surface area (Å²) >= 11 is 0. The molecule has 5 heteroatoms. The van der Waals surface area contributed by atoms with Crippen molar-refractivity contribution in [2.45, 2.75) is 38.6 Å².